The molecule has 1 aromatic carbocycles. The lowest BCUT2D eigenvalue weighted by Gasteiger charge is -2.33. The Hall–Kier alpha value is -1.96. The number of nitrogens with zero attached hydrogens (tertiary/aromatic N) is 3. The maximum atomic E-state index is 5.88. The van der Waals surface area contributed by atoms with Crippen molar-refractivity contribution in [2.45, 2.75) is 45.1 Å². The molecule has 0 spiro atoms. The van der Waals surface area contributed by atoms with Gasteiger partial charge in [-0.15, -0.1) is 0 Å². The summed E-state index contributed by atoms with van der Waals surface area (Å²) in [6.07, 6.45) is 3.02. The second kappa shape index (κ2) is 8.16. The maximum absolute atomic E-state index is 5.88. The van der Waals surface area contributed by atoms with Gasteiger partial charge in [-0.25, -0.2) is 0 Å². The van der Waals surface area contributed by atoms with E-state index in [0.29, 0.717) is 24.4 Å². The predicted molar refractivity (Wildman–Crippen MR) is 95.9 cm³/mol. The average molecular weight is 358 g/mol. The van der Waals surface area contributed by atoms with Gasteiger partial charge in [-0.2, -0.15) is 4.98 Å². The summed E-state index contributed by atoms with van der Waals surface area (Å²) >= 11 is 0. The van der Waals surface area contributed by atoms with E-state index in [1.807, 2.05) is 12.1 Å². The summed E-state index contributed by atoms with van der Waals surface area (Å²) in [4.78, 5) is 6.70. The highest BCUT2D eigenvalue weighted by Gasteiger charge is 2.32. The number of benzene rings is 1. The Labute approximate surface area is 153 Å². The molecule has 2 aromatic rings. The Kier molecular flexibility index (Phi) is 5.48. The first-order valence-corrected chi connectivity index (χ1v) is 9.33. The van der Waals surface area contributed by atoms with Crippen LogP contribution in [0.3, 0.4) is 0 Å². The fourth-order valence-corrected chi connectivity index (χ4v) is 3.27. The van der Waals surface area contributed by atoms with Crippen LogP contribution in [0.5, 0.6) is 5.75 Å². The Morgan fingerprint density at radius 2 is 2.12 bits per heavy atom. The molecule has 2 heterocycles. The Morgan fingerprint density at radius 3 is 2.85 bits per heavy atom. The molecule has 7 heteroatoms. The van der Waals surface area contributed by atoms with Crippen LogP contribution in [0.15, 0.2) is 28.8 Å². The standard InChI is InChI=1S/C19H26N4O3/c1-14-21-19(22-26-14)13-25-17-6-2-15(3-7-17)10-20-11-18-12-23(8-9-24-18)16-4-5-16/h2-3,6-7,16,18,20H,4-5,8-13H2,1H3/t18-/m0/s1. The third kappa shape index (κ3) is 4.81. The van der Waals surface area contributed by atoms with Crippen molar-refractivity contribution in [1.29, 1.82) is 0 Å². The average Bonchev–Trinajstić information content (AvgIpc) is 3.43. The Balaban J connectivity index is 1.18. The number of aromatic nitrogens is 2. The van der Waals surface area contributed by atoms with Crippen molar-refractivity contribution < 1.29 is 14.0 Å². The molecule has 0 bridgehead atoms. The highest BCUT2D eigenvalue weighted by Crippen LogP contribution is 2.28. The summed E-state index contributed by atoms with van der Waals surface area (Å²) in [5.41, 5.74) is 1.22. The second-order valence-corrected chi connectivity index (χ2v) is 7.01. The van der Waals surface area contributed by atoms with E-state index in [9.17, 15) is 0 Å². The van der Waals surface area contributed by atoms with E-state index in [0.717, 1.165) is 44.6 Å². The number of hydrogen-bond acceptors (Lipinski definition) is 7. The number of hydrogen-bond donors (Lipinski definition) is 1. The van der Waals surface area contributed by atoms with Gasteiger partial charge in [-0.05, 0) is 30.5 Å². The summed E-state index contributed by atoms with van der Waals surface area (Å²) < 4.78 is 16.5. The van der Waals surface area contributed by atoms with Gasteiger partial charge in [-0.1, -0.05) is 17.3 Å². The van der Waals surface area contributed by atoms with Crippen LogP contribution in [-0.2, 0) is 17.9 Å². The van der Waals surface area contributed by atoms with Gasteiger partial charge in [-0.3, -0.25) is 4.90 Å². The molecule has 1 saturated heterocycles. The third-order valence-corrected chi connectivity index (χ3v) is 4.80. The monoisotopic (exact) mass is 358 g/mol. The first-order chi connectivity index (χ1) is 12.8. The fourth-order valence-electron chi connectivity index (χ4n) is 3.27. The van der Waals surface area contributed by atoms with Crippen LogP contribution in [0.2, 0.25) is 0 Å². The molecule has 26 heavy (non-hydrogen) atoms. The minimum Gasteiger partial charge on any atom is -0.485 e. The number of aryl methyl sites for hydroxylation is 1. The van der Waals surface area contributed by atoms with E-state index in [-0.39, 0.29) is 0 Å². The highest BCUT2D eigenvalue weighted by molar-refractivity contribution is 5.27. The molecule has 1 N–H and O–H groups in total. The van der Waals surface area contributed by atoms with Crippen LogP contribution in [0.1, 0.15) is 30.1 Å². The largest absolute Gasteiger partial charge is 0.485 e. The molecule has 0 amide bonds. The molecule has 1 aromatic heterocycles. The molecule has 1 saturated carbocycles. The molecule has 1 aliphatic carbocycles. The van der Waals surface area contributed by atoms with Crippen LogP contribution in [-0.4, -0.2) is 53.4 Å². The van der Waals surface area contributed by atoms with Crippen molar-refractivity contribution in [3.05, 3.63) is 41.5 Å². The smallest absolute Gasteiger partial charge is 0.223 e. The molecule has 2 aliphatic rings. The van der Waals surface area contributed by atoms with Crippen LogP contribution in [0.4, 0.5) is 0 Å². The molecule has 1 atom stereocenters. The molecule has 0 radical (unpaired) electrons. The normalized spacial score (nSPS) is 21.0. The fraction of sp³-hybridized carbons (Fsp3) is 0.579. The molecule has 4 rings (SSSR count). The predicted octanol–water partition coefficient (Wildman–Crippen LogP) is 1.91. The van der Waals surface area contributed by atoms with Gasteiger partial charge in [0.1, 0.15) is 5.75 Å². The Morgan fingerprint density at radius 1 is 1.27 bits per heavy atom. The van der Waals surface area contributed by atoms with Gasteiger partial charge >= 0.3 is 0 Å². The molecular formula is C19H26N4O3. The lowest BCUT2D eigenvalue weighted by molar-refractivity contribution is -0.0301. The second-order valence-electron chi connectivity index (χ2n) is 7.01. The summed E-state index contributed by atoms with van der Waals surface area (Å²) in [6.45, 7) is 6.79. The van der Waals surface area contributed by atoms with Crippen molar-refractivity contribution in [2.24, 2.45) is 0 Å². The van der Waals surface area contributed by atoms with Crippen LogP contribution < -0.4 is 10.1 Å². The van der Waals surface area contributed by atoms with Gasteiger partial charge in [0.25, 0.3) is 0 Å². The summed E-state index contributed by atoms with van der Waals surface area (Å²) in [5, 5.41) is 7.32. The van der Waals surface area contributed by atoms with E-state index in [1.54, 1.807) is 6.92 Å². The zero-order valence-corrected chi connectivity index (χ0v) is 15.2. The number of morpholine rings is 1. The first-order valence-electron chi connectivity index (χ1n) is 9.33. The maximum Gasteiger partial charge on any atom is 0.223 e. The van der Waals surface area contributed by atoms with Gasteiger partial charge in [0.05, 0.1) is 12.7 Å². The van der Waals surface area contributed by atoms with Crippen molar-refractivity contribution in [1.82, 2.24) is 20.4 Å². The molecular weight excluding hydrogens is 332 g/mol. The zero-order chi connectivity index (χ0) is 17.8. The van der Waals surface area contributed by atoms with Gasteiger partial charge in [0.2, 0.25) is 11.7 Å². The number of ether oxygens (including phenoxy) is 2. The molecule has 2 fully saturated rings. The van der Waals surface area contributed by atoms with Crippen LogP contribution in [0.25, 0.3) is 0 Å². The number of nitrogens with one attached hydrogen (secondary N) is 1. The van der Waals surface area contributed by atoms with Gasteiger partial charge in [0.15, 0.2) is 6.61 Å². The van der Waals surface area contributed by atoms with Gasteiger partial charge < -0.3 is 19.3 Å². The molecule has 7 nitrogen and oxygen atoms in total. The van der Waals surface area contributed by atoms with Crippen molar-refractivity contribution in [3.63, 3.8) is 0 Å². The van der Waals surface area contributed by atoms with Crippen molar-refractivity contribution in [2.75, 3.05) is 26.2 Å². The van der Waals surface area contributed by atoms with Gasteiger partial charge in [0, 0.05) is 39.1 Å². The summed E-state index contributed by atoms with van der Waals surface area (Å²) in [5.74, 6) is 1.90. The topological polar surface area (TPSA) is 72.7 Å². The lowest BCUT2D eigenvalue weighted by Crippen LogP contribution is -2.47. The van der Waals surface area contributed by atoms with Crippen LogP contribution in [0, 0.1) is 6.92 Å². The van der Waals surface area contributed by atoms with E-state index in [2.05, 4.69) is 32.5 Å². The van der Waals surface area contributed by atoms with E-state index < -0.39 is 0 Å². The summed E-state index contributed by atoms with van der Waals surface area (Å²) in [6, 6.07) is 8.90. The van der Waals surface area contributed by atoms with Crippen LogP contribution >= 0.6 is 0 Å². The highest BCUT2D eigenvalue weighted by atomic mass is 16.5. The van der Waals surface area contributed by atoms with Crippen molar-refractivity contribution in [3.8, 4) is 5.75 Å². The number of rotatable bonds is 8. The van der Waals surface area contributed by atoms with E-state index >= 15 is 0 Å². The quantitative estimate of drug-likeness (QED) is 0.773. The Bertz CT molecular complexity index is 699. The minimum atomic E-state index is 0.297. The zero-order valence-electron chi connectivity index (χ0n) is 15.2. The molecule has 140 valence electrons. The van der Waals surface area contributed by atoms with E-state index in [1.165, 1.54) is 18.4 Å². The van der Waals surface area contributed by atoms with Crippen molar-refractivity contribution >= 4 is 0 Å². The minimum absolute atomic E-state index is 0.297. The molecule has 1 aliphatic heterocycles. The lowest BCUT2D eigenvalue weighted by atomic mass is 10.2. The summed E-state index contributed by atoms with van der Waals surface area (Å²) in [7, 11) is 0. The SMILES string of the molecule is Cc1nc(COc2ccc(CNC[C@H]3CN(C4CC4)CCO3)cc2)no1. The van der Waals surface area contributed by atoms with E-state index in [4.69, 9.17) is 14.0 Å². The third-order valence-electron chi connectivity index (χ3n) is 4.80. The first kappa shape index (κ1) is 17.5. The molecule has 0 unspecified atom stereocenters.